The lowest BCUT2D eigenvalue weighted by Crippen LogP contribution is -2.07. The Hall–Kier alpha value is -1.88. The van der Waals surface area contributed by atoms with Crippen molar-refractivity contribution in [3.05, 3.63) is 68.2 Å². The third-order valence-electron chi connectivity index (χ3n) is 3.08. The molecule has 104 valence electrons. The second-order valence-corrected chi connectivity index (χ2v) is 5.56. The molecular weight excluding hydrogens is 320 g/mol. The van der Waals surface area contributed by atoms with Gasteiger partial charge in [0.15, 0.2) is 0 Å². The lowest BCUT2D eigenvalue weighted by atomic mass is 10.1. The Labute approximate surface area is 126 Å². The molecule has 0 saturated heterocycles. The van der Waals surface area contributed by atoms with Crippen molar-refractivity contribution in [2.45, 2.75) is 19.9 Å². The van der Waals surface area contributed by atoms with Crippen LogP contribution < -0.4 is 5.32 Å². The summed E-state index contributed by atoms with van der Waals surface area (Å²) in [6, 6.07) is 12.7. The fourth-order valence-electron chi connectivity index (χ4n) is 1.96. The maximum Gasteiger partial charge on any atom is 0.269 e. The summed E-state index contributed by atoms with van der Waals surface area (Å²) in [6.07, 6.45) is 0. The first-order chi connectivity index (χ1) is 9.47. The number of anilines is 1. The van der Waals surface area contributed by atoms with E-state index in [1.807, 2.05) is 38.1 Å². The molecule has 0 saturated carbocycles. The lowest BCUT2D eigenvalue weighted by Gasteiger charge is -2.17. The predicted molar refractivity (Wildman–Crippen MR) is 84.0 cm³/mol. The zero-order valence-electron chi connectivity index (χ0n) is 11.3. The van der Waals surface area contributed by atoms with Gasteiger partial charge in [-0.25, -0.2) is 0 Å². The van der Waals surface area contributed by atoms with Crippen LogP contribution in [-0.2, 0) is 0 Å². The molecule has 5 heteroatoms. The van der Waals surface area contributed by atoms with Gasteiger partial charge in [0.05, 0.1) is 4.92 Å². The van der Waals surface area contributed by atoms with E-state index in [2.05, 4.69) is 21.2 Å². The maximum atomic E-state index is 10.8. The number of hydrogen-bond donors (Lipinski definition) is 1. The standard InChI is InChI=1S/C15H15BrN2O2/c1-10-6-7-15(14(16)8-10)17-11(2)12-4-3-5-13(9-12)18(19)20/h3-9,11,17H,1-2H3. The summed E-state index contributed by atoms with van der Waals surface area (Å²) in [5, 5.41) is 14.2. The fraction of sp³-hybridized carbons (Fsp3) is 0.200. The van der Waals surface area contributed by atoms with Crippen molar-refractivity contribution in [1.82, 2.24) is 0 Å². The van der Waals surface area contributed by atoms with Crippen LogP contribution in [0.3, 0.4) is 0 Å². The summed E-state index contributed by atoms with van der Waals surface area (Å²) in [6.45, 7) is 4.00. The lowest BCUT2D eigenvalue weighted by molar-refractivity contribution is -0.384. The van der Waals surface area contributed by atoms with Crippen LogP contribution in [0.2, 0.25) is 0 Å². The van der Waals surface area contributed by atoms with Gasteiger partial charge in [-0.2, -0.15) is 0 Å². The number of nitro benzene ring substituents is 1. The minimum atomic E-state index is -0.377. The zero-order chi connectivity index (χ0) is 14.7. The Bertz CT molecular complexity index is 644. The normalized spacial score (nSPS) is 11.9. The number of benzene rings is 2. The molecule has 0 radical (unpaired) electrons. The molecule has 0 aromatic heterocycles. The molecule has 4 nitrogen and oxygen atoms in total. The predicted octanol–water partition coefficient (Wildman–Crippen LogP) is 4.84. The minimum Gasteiger partial charge on any atom is -0.378 e. The third-order valence-corrected chi connectivity index (χ3v) is 3.73. The molecule has 1 N–H and O–H groups in total. The zero-order valence-corrected chi connectivity index (χ0v) is 12.8. The third kappa shape index (κ3) is 3.36. The van der Waals surface area contributed by atoms with Crippen molar-refractivity contribution in [3.8, 4) is 0 Å². The van der Waals surface area contributed by atoms with Crippen LogP contribution in [-0.4, -0.2) is 4.92 Å². The minimum absolute atomic E-state index is 0.0195. The van der Waals surface area contributed by atoms with Crippen molar-refractivity contribution >= 4 is 27.3 Å². The second kappa shape index (κ2) is 6.05. The summed E-state index contributed by atoms with van der Waals surface area (Å²) in [5.74, 6) is 0. The molecule has 0 spiro atoms. The molecule has 0 heterocycles. The van der Waals surface area contributed by atoms with E-state index in [0.717, 1.165) is 15.7 Å². The van der Waals surface area contributed by atoms with Gasteiger partial charge in [-0.3, -0.25) is 10.1 Å². The van der Waals surface area contributed by atoms with Crippen LogP contribution in [0.25, 0.3) is 0 Å². The highest BCUT2D eigenvalue weighted by molar-refractivity contribution is 9.10. The number of halogens is 1. The van der Waals surface area contributed by atoms with Gasteiger partial charge in [0.1, 0.15) is 0 Å². The largest absolute Gasteiger partial charge is 0.378 e. The molecule has 20 heavy (non-hydrogen) atoms. The van der Waals surface area contributed by atoms with E-state index in [1.165, 1.54) is 11.6 Å². The summed E-state index contributed by atoms with van der Waals surface area (Å²) < 4.78 is 0.981. The van der Waals surface area contributed by atoms with Crippen molar-refractivity contribution in [1.29, 1.82) is 0 Å². The van der Waals surface area contributed by atoms with Crippen LogP contribution in [0, 0.1) is 17.0 Å². The van der Waals surface area contributed by atoms with E-state index in [1.54, 1.807) is 12.1 Å². The van der Waals surface area contributed by atoms with Crippen LogP contribution in [0.1, 0.15) is 24.1 Å². The van der Waals surface area contributed by atoms with E-state index < -0.39 is 0 Å². The molecule has 1 atom stereocenters. The van der Waals surface area contributed by atoms with E-state index in [9.17, 15) is 10.1 Å². The summed E-state index contributed by atoms with van der Waals surface area (Å²) in [5.41, 5.74) is 3.13. The number of nitrogens with zero attached hydrogens (tertiary/aromatic N) is 1. The molecular formula is C15H15BrN2O2. The average molecular weight is 335 g/mol. The molecule has 0 aliphatic rings. The van der Waals surface area contributed by atoms with E-state index in [-0.39, 0.29) is 16.7 Å². The molecule has 0 bridgehead atoms. The van der Waals surface area contributed by atoms with E-state index >= 15 is 0 Å². The first-order valence-electron chi connectivity index (χ1n) is 6.24. The van der Waals surface area contributed by atoms with Crippen molar-refractivity contribution in [3.63, 3.8) is 0 Å². The molecule has 2 aromatic carbocycles. The van der Waals surface area contributed by atoms with Crippen molar-refractivity contribution < 1.29 is 4.92 Å². The van der Waals surface area contributed by atoms with Crippen molar-refractivity contribution in [2.75, 3.05) is 5.32 Å². The van der Waals surface area contributed by atoms with Gasteiger partial charge in [0.2, 0.25) is 0 Å². The van der Waals surface area contributed by atoms with Crippen LogP contribution in [0.15, 0.2) is 46.9 Å². The van der Waals surface area contributed by atoms with Gasteiger partial charge in [0, 0.05) is 28.3 Å². The molecule has 2 aromatic rings. The Morgan fingerprint density at radius 1 is 1.25 bits per heavy atom. The highest BCUT2D eigenvalue weighted by atomic mass is 79.9. The van der Waals surface area contributed by atoms with Crippen LogP contribution in [0.4, 0.5) is 11.4 Å². The number of aryl methyl sites for hydroxylation is 1. The molecule has 0 fully saturated rings. The topological polar surface area (TPSA) is 55.2 Å². The fourth-order valence-corrected chi connectivity index (χ4v) is 2.57. The quantitative estimate of drug-likeness (QED) is 0.642. The number of rotatable bonds is 4. The van der Waals surface area contributed by atoms with Gasteiger partial charge < -0.3 is 5.32 Å². The van der Waals surface area contributed by atoms with Crippen LogP contribution in [0.5, 0.6) is 0 Å². The SMILES string of the molecule is Cc1ccc(NC(C)c2cccc([N+](=O)[O-])c2)c(Br)c1. The maximum absolute atomic E-state index is 10.8. The Morgan fingerprint density at radius 3 is 2.65 bits per heavy atom. The smallest absolute Gasteiger partial charge is 0.269 e. The van der Waals surface area contributed by atoms with E-state index in [0.29, 0.717) is 0 Å². The van der Waals surface area contributed by atoms with Gasteiger partial charge in [-0.05, 0) is 53.0 Å². The van der Waals surface area contributed by atoms with Gasteiger partial charge in [-0.15, -0.1) is 0 Å². The Balaban J connectivity index is 2.21. The first kappa shape index (κ1) is 14.5. The van der Waals surface area contributed by atoms with Crippen LogP contribution >= 0.6 is 15.9 Å². The summed E-state index contributed by atoms with van der Waals surface area (Å²) >= 11 is 3.52. The molecule has 2 rings (SSSR count). The average Bonchev–Trinajstić information content (AvgIpc) is 2.42. The highest BCUT2D eigenvalue weighted by Gasteiger charge is 2.11. The monoisotopic (exact) mass is 334 g/mol. The molecule has 0 aliphatic carbocycles. The second-order valence-electron chi connectivity index (χ2n) is 4.70. The van der Waals surface area contributed by atoms with Gasteiger partial charge in [-0.1, -0.05) is 18.2 Å². The Morgan fingerprint density at radius 2 is 2.00 bits per heavy atom. The number of nitro groups is 1. The first-order valence-corrected chi connectivity index (χ1v) is 7.03. The van der Waals surface area contributed by atoms with E-state index in [4.69, 9.17) is 0 Å². The molecule has 0 aliphatic heterocycles. The van der Waals surface area contributed by atoms with Crippen molar-refractivity contribution in [2.24, 2.45) is 0 Å². The van der Waals surface area contributed by atoms with Gasteiger partial charge >= 0.3 is 0 Å². The summed E-state index contributed by atoms with van der Waals surface area (Å²) in [7, 11) is 0. The number of hydrogen-bond acceptors (Lipinski definition) is 3. The molecule has 0 amide bonds. The van der Waals surface area contributed by atoms with Gasteiger partial charge in [0.25, 0.3) is 5.69 Å². The number of non-ortho nitro benzene ring substituents is 1. The Kier molecular flexibility index (Phi) is 4.39. The highest BCUT2D eigenvalue weighted by Crippen LogP contribution is 2.28. The molecule has 1 unspecified atom stereocenters. The summed E-state index contributed by atoms with van der Waals surface area (Å²) in [4.78, 5) is 10.4. The number of nitrogens with one attached hydrogen (secondary N) is 1.